The number of Topliss-reactive ketones (excluding diaryl/α,β-unsaturated/α-hetero) is 1. The van der Waals surface area contributed by atoms with E-state index in [0.29, 0.717) is 0 Å². The fourth-order valence-electron chi connectivity index (χ4n) is 3.60. The largest absolute Gasteiger partial charge is 0.481 e. The Balaban J connectivity index is 1.75. The Kier molecular flexibility index (Phi) is 7.02. The highest BCUT2D eigenvalue weighted by Crippen LogP contribution is 2.50. The van der Waals surface area contributed by atoms with E-state index in [-0.39, 0.29) is 16.6 Å². The molecule has 1 aliphatic rings. The fraction of sp³-hybridized carbons (Fsp3) is 0.652. The number of hydrogen-bond acceptors (Lipinski definition) is 2. The lowest BCUT2D eigenvalue weighted by Crippen LogP contribution is -2.21. The monoisotopic (exact) mass is 358 g/mol. The van der Waals surface area contributed by atoms with Gasteiger partial charge >= 0.3 is 5.97 Å². The van der Waals surface area contributed by atoms with Crippen LogP contribution in [0.25, 0.3) is 0 Å². The average molecular weight is 359 g/mol. The second-order valence-corrected chi connectivity index (χ2v) is 8.71. The van der Waals surface area contributed by atoms with Crippen LogP contribution in [0.3, 0.4) is 0 Å². The minimum atomic E-state index is -0.605. The quantitative estimate of drug-likeness (QED) is 0.495. The molecule has 0 aromatic heterocycles. The van der Waals surface area contributed by atoms with Gasteiger partial charge in [-0.1, -0.05) is 51.0 Å². The van der Waals surface area contributed by atoms with Crippen molar-refractivity contribution in [3.05, 3.63) is 35.4 Å². The fourth-order valence-corrected chi connectivity index (χ4v) is 3.60. The SMILES string of the molecule is CC(=O)C(C)(C)CCCCc1ccccc1CCCCC1(C(=O)O)CC1. The minimum Gasteiger partial charge on any atom is -0.481 e. The summed E-state index contributed by atoms with van der Waals surface area (Å²) >= 11 is 0. The number of ketones is 1. The van der Waals surface area contributed by atoms with Gasteiger partial charge in [0.2, 0.25) is 0 Å². The van der Waals surface area contributed by atoms with Crippen LogP contribution in [0.2, 0.25) is 0 Å². The third-order valence-electron chi connectivity index (χ3n) is 6.23. The Morgan fingerprint density at radius 1 is 1.00 bits per heavy atom. The molecule has 0 unspecified atom stereocenters. The van der Waals surface area contributed by atoms with Gasteiger partial charge in [-0.15, -0.1) is 0 Å². The molecule has 1 fully saturated rings. The number of aliphatic carboxylic acids is 1. The van der Waals surface area contributed by atoms with Crippen LogP contribution in [0.15, 0.2) is 24.3 Å². The topological polar surface area (TPSA) is 54.4 Å². The molecule has 0 saturated heterocycles. The van der Waals surface area contributed by atoms with Crippen LogP contribution in [0, 0.1) is 10.8 Å². The van der Waals surface area contributed by atoms with Crippen LogP contribution in [0.1, 0.15) is 83.3 Å². The van der Waals surface area contributed by atoms with Gasteiger partial charge in [0, 0.05) is 5.41 Å². The Morgan fingerprint density at radius 3 is 2.00 bits per heavy atom. The van der Waals surface area contributed by atoms with Crippen molar-refractivity contribution in [3.8, 4) is 0 Å². The summed E-state index contributed by atoms with van der Waals surface area (Å²) in [5.74, 6) is -0.334. The number of rotatable bonds is 12. The molecule has 144 valence electrons. The van der Waals surface area contributed by atoms with Crippen LogP contribution >= 0.6 is 0 Å². The molecule has 0 heterocycles. The molecule has 1 aliphatic carbocycles. The van der Waals surface area contributed by atoms with E-state index >= 15 is 0 Å². The lowest BCUT2D eigenvalue weighted by Gasteiger charge is -2.20. The zero-order chi connectivity index (χ0) is 19.2. The van der Waals surface area contributed by atoms with E-state index in [0.717, 1.165) is 64.2 Å². The molecular formula is C23H34O3. The van der Waals surface area contributed by atoms with Crippen molar-refractivity contribution in [2.75, 3.05) is 0 Å². The molecule has 3 heteroatoms. The molecule has 0 atom stereocenters. The van der Waals surface area contributed by atoms with Crippen molar-refractivity contribution < 1.29 is 14.7 Å². The van der Waals surface area contributed by atoms with E-state index in [1.54, 1.807) is 6.92 Å². The van der Waals surface area contributed by atoms with Crippen molar-refractivity contribution in [3.63, 3.8) is 0 Å². The Bertz CT molecular complexity index is 583. The van der Waals surface area contributed by atoms with Gasteiger partial charge in [-0.3, -0.25) is 9.59 Å². The number of unbranched alkanes of at least 4 members (excludes halogenated alkanes) is 2. The Labute approximate surface area is 158 Å². The second-order valence-electron chi connectivity index (χ2n) is 8.71. The molecule has 1 aromatic carbocycles. The van der Waals surface area contributed by atoms with Gasteiger partial charge in [0.1, 0.15) is 5.78 Å². The highest BCUT2D eigenvalue weighted by atomic mass is 16.4. The standard InChI is InChI=1S/C23H34O3/c1-18(24)22(2,3)14-8-6-12-19-10-4-5-11-20(19)13-7-9-15-23(16-17-23)21(25)26/h4-5,10-11H,6-9,12-17H2,1-3H3,(H,25,26). The van der Waals surface area contributed by atoms with E-state index in [9.17, 15) is 14.7 Å². The third-order valence-corrected chi connectivity index (χ3v) is 6.23. The first-order valence-electron chi connectivity index (χ1n) is 10.1. The zero-order valence-corrected chi connectivity index (χ0v) is 16.6. The summed E-state index contributed by atoms with van der Waals surface area (Å²) in [6.45, 7) is 5.76. The Morgan fingerprint density at radius 2 is 1.54 bits per heavy atom. The van der Waals surface area contributed by atoms with E-state index in [1.165, 1.54) is 11.1 Å². The molecule has 0 amide bonds. The van der Waals surface area contributed by atoms with Crippen LogP contribution in [0.4, 0.5) is 0 Å². The number of carbonyl (C=O) groups is 2. The molecular weight excluding hydrogens is 324 g/mol. The normalized spacial score (nSPS) is 15.7. The lowest BCUT2D eigenvalue weighted by molar-refractivity contribution is -0.143. The van der Waals surface area contributed by atoms with Crippen molar-refractivity contribution >= 4 is 11.8 Å². The summed E-state index contributed by atoms with van der Waals surface area (Å²) in [6.07, 6.45) is 9.81. The number of carboxylic acids is 1. The maximum Gasteiger partial charge on any atom is 0.309 e. The van der Waals surface area contributed by atoms with Crippen LogP contribution in [-0.4, -0.2) is 16.9 Å². The zero-order valence-electron chi connectivity index (χ0n) is 16.6. The lowest BCUT2D eigenvalue weighted by atomic mass is 9.83. The van der Waals surface area contributed by atoms with Crippen molar-refractivity contribution in [2.45, 2.75) is 85.0 Å². The number of hydrogen-bond donors (Lipinski definition) is 1. The number of carboxylic acid groups (broad SMARTS) is 1. The summed E-state index contributed by atoms with van der Waals surface area (Å²) in [4.78, 5) is 22.9. The van der Waals surface area contributed by atoms with Gasteiger partial charge in [-0.25, -0.2) is 0 Å². The van der Waals surface area contributed by atoms with Gasteiger partial charge in [0.05, 0.1) is 5.41 Å². The van der Waals surface area contributed by atoms with Gasteiger partial charge in [-0.2, -0.15) is 0 Å². The van der Waals surface area contributed by atoms with Gasteiger partial charge in [-0.05, 0) is 69.4 Å². The first-order chi connectivity index (χ1) is 12.3. The molecule has 0 spiro atoms. The molecule has 0 bridgehead atoms. The van der Waals surface area contributed by atoms with Crippen LogP contribution in [-0.2, 0) is 22.4 Å². The summed E-state index contributed by atoms with van der Waals surface area (Å²) in [5.41, 5.74) is 2.22. The molecule has 2 rings (SSSR count). The van der Waals surface area contributed by atoms with Crippen LogP contribution in [0.5, 0.6) is 0 Å². The first-order valence-corrected chi connectivity index (χ1v) is 10.1. The van der Waals surface area contributed by atoms with Gasteiger partial charge in [0.15, 0.2) is 0 Å². The molecule has 1 aromatic rings. The average Bonchev–Trinajstić information content (AvgIpc) is 3.38. The predicted octanol–water partition coefficient (Wildman–Crippen LogP) is 5.59. The first kappa shape index (κ1) is 20.7. The smallest absolute Gasteiger partial charge is 0.309 e. The number of benzene rings is 1. The summed E-state index contributed by atoms with van der Waals surface area (Å²) in [7, 11) is 0. The molecule has 0 aliphatic heterocycles. The predicted molar refractivity (Wildman–Crippen MR) is 105 cm³/mol. The van der Waals surface area contributed by atoms with E-state index in [2.05, 4.69) is 24.3 Å². The maximum absolute atomic E-state index is 11.6. The summed E-state index contributed by atoms with van der Waals surface area (Å²) in [6, 6.07) is 8.61. The van der Waals surface area contributed by atoms with Crippen molar-refractivity contribution in [1.29, 1.82) is 0 Å². The Hall–Kier alpha value is -1.64. The van der Waals surface area contributed by atoms with E-state index in [4.69, 9.17) is 0 Å². The van der Waals surface area contributed by atoms with Crippen molar-refractivity contribution in [1.82, 2.24) is 0 Å². The number of carbonyl (C=O) groups excluding carboxylic acids is 1. The number of aryl methyl sites for hydroxylation is 2. The summed E-state index contributed by atoms with van der Waals surface area (Å²) in [5, 5.41) is 9.26. The molecule has 0 radical (unpaired) electrons. The highest BCUT2D eigenvalue weighted by Gasteiger charge is 2.49. The van der Waals surface area contributed by atoms with Crippen molar-refractivity contribution in [2.24, 2.45) is 10.8 Å². The third kappa shape index (κ3) is 5.69. The maximum atomic E-state index is 11.6. The second kappa shape index (κ2) is 8.83. The van der Waals surface area contributed by atoms with E-state index < -0.39 is 5.97 Å². The van der Waals surface area contributed by atoms with Gasteiger partial charge in [0.25, 0.3) is 0 Å². The molecule has 3 nitrogen and oxygen atoms in total. The highest BCUT2D eigenvalue weighted by molar-refractivity contribution is 5.81. The molecule has 1 saturated carbocycles. The molecule has 1 N–H and O–H groups in total. The summed E-state index contributed by atoms with van der Waals surface area (Å²) < 4.78 is 0. The molecule has 26 heavy (non-hydrogen) atoms. The minimum absolute atomic E-state index is 0.206. The van der Waals surface area contributed by atoms with Crippen LogP contribution < -0.4 is 0 Å². The van der Waals surface area contributed by atoms with Gasteiger partial charge < -0.3 is 5.11 Å². The van der Waals surface area contributed by atoms with E-state index in [1.807, 2.05) is 13.8 Å².